The van der Waals surface area contributed by atoms with Crippen molar-refractivity contribution in [2.75, 3.05) is 18.9 Å². The Labute approximate surface area is 160 Å². The molecule has 3 rings (SSSR count). The molecule has 0 aromatic carbocycles. The maximum atomic E-state index is 14.2. The van der Waals surface area contributed by atoms with Gasteiger partial charge in [-0.3, -0.25) is 4.79 Å². The molecule has 3 heterocycles. The van der Waals surface area contributed by atoms with Crippen LogP contribution in [-0.2, 0) is 4.79 Å². The van der Waals surface area contributed by atoms with E-state index in [1.54, 1.807) is 19.2 Å². The fourth-order valence-electron chi connectivity index (χ4n) is 2.70. The van der Waals surface area contributed by atoms with Crippen molar-refractivity contribution in [1.82, 2.24) is 25.3 Å². The number of aromatic amines is 1. The van der Waals surface area contributed by atoms with Crippen molar-refractivity contribution in [3.05, 3.63) is 35.5 Å². The topological polar surface area (TPSA) is 95.6 Å². The van der Waals surface area contributed by atoms with Gasteiger partial charge in [-0.25, -0.2) is 19.3 Å². The van der Waals surface area contributed by atoms with Crippen molar-refractivity contribution in [2.45, 2.75) is 25.8 Å². The average molecular weight is 391 g/mol. The van der Waals surface area contributed by atoms with E-state index in [4.69, 9.17) is 11.6 Å². The van der Waals surface area contributed by atoms with Gasteiger partial charge < -0.3 is 15.6 Å². The summed E-state index contributed by atoms with van der Waals surface area (Å²) < 4.78 is 14.2. The minimum Gasteiger partial charge on any atom is -0.358 e. The van der Waals surface area contributed by atoms with E-state index in [0.29, 0.717) is 28.5 Å². The number of halogens is 2. The molecule has 0 fully saturated rings. The number of Topliss-reactive ketones (excluding diaryl/α,β-unsaturated/α-hetero) is 1. The summed E-state index contributed by atoms with van der Waals surface area (Å²) >= 11 is 6.02. The number of nitrogens with one attached hydrogen (secondary N) is 3. The third-order valence-electron chi connectivity index (χ3n) is 4.17. The van der Waals surface area contributed by atoms with Crippen molar-refractivity contribution in [2.24, 2.45) is 0 Å². The molecule has 3 N–H and O–H groups in total. The highest BCUT2D eigenvalue weighted by molar-refractivity contribution is 6.31. The molecule has 142 valence electrons. The highest BCUT2D eigenvalue weighted by Gasteiger charge is 2.18. The van der Waals surface area contributed by atoms with Crippen molar-refractivity contribution in [3.8, 4) is 11.4 Å². The summed E-state index contributed by atoms with van der Waals surface area (Å²) in [4.78, 5) is 27.7. The Bertz CT molecular complexity index is 960. The van der Waals surface area contributed by atoms with E-state index < -0.39 is 11.9 Å². The molecule has 9 heteroatoms. The summed E-state index contributed by atoms with van der Waals surface area (Å²) in [5, 5.41) is 7.05. The number of ketones is 1. The number of H-pyrrole nitrogens is 1. The third kappa shape index (κ3) is 4.40. The Hall–Kier alpha value is -2.58. The fourth-order valence-corrected chi connectivity index (χ4v) is 2.86. The van der Waals surface area contributed by atoms with Gasteiger partial charge in [-0.05, 0) is 33.0 Å². The summed E-state index contributed by atoms with van der Waals surface area (Å²) in [5.41, 5.74) is 1.28. The zero-order chi connectivity index (χ0) is 19.4. The first-order chi connectivity index (χ1) is 13.0. The molecule has 0 aliphatic carbocycles. The molecule has 3 aromatic rings. The quantitative estimate of drug-likeness (QED) is 0.511. The van der Waals surface area contributed by atoms with Crippen LogP contribution in [0.5, 0.6) is 0 Å². The molecule has 0 spiro atoms. The van der Waals surface area contributed by atoms with E-state index in [-0.39, 0.29) is 11.6 Å². The number of pyridine rings is 1. The first-order valence-corrected chi connectivity index (χ1v) is 8.96. The summed E-state index contributed by atoms with van der Waals surface area (Å²) in [6.45, 7) is 2.44. The maximum absolute atomic E-state index is 14.2. The maximum Gasteiger partial charge on any atom is 0.183 e. The number of hydrogen-bond acceptors (Lipinski definition) is 6. The van der Waals surface area contributed by atoms with Crippen LogP contribution in [0.3, 0.4) is 0 Å². The van der Waals surface area contributed by atoms with E-state index in [0.717, 1.165) is 24.5 Å². The van der Waals surface area contributed by atoms with Crippen LogP contribution >= 0.6 is 11.6 Å². The minimum atomic E-state index is -0.621. The second-order valence-electron chi connectivity index (χ2n) is 6.18. The van der Waals surface area contributed by atoms with Crippen LogP contribution in [-0.4, -0.2) is 45.4 Å². The number of anilines is 1. The molecular formula is C18H20ClFN6O. The number of hydrogen-bond donors (Lipinski definition) is 3. The normalized spacial score (nSPS) is 12.3. The lowest BCUT2D eigenvalue weighted by Gasteiger charge is -2.14. The summed E-state index contributed by atoms with van der Waals surface area (Å²) in [6, 6.07) is 1.18. The molecule has 0 unspecified atom stereocenters. The zero-order valence-electron chi connectivity index (χ0n) is 15.0. The van der Waals surface area contributed by atoms with Gasteiger partial charge in [0, 0.05) is 29.8 Å². The molecule has 0 radical (unpaired) electrons. The molecule has 0 amide bonds. The first-order valence-electron chi connectivity index (χ1n) is 8.59. The second-order valence-corrected chi connectivity index (χ2v) is 6.62. The van der Waals surface area contributed by atoms with Crippen LogP contribution in [0.15, 0.2) is 24.7 Å². The Morgan fingerprint density at radius 3 is 2.96 bits per heavy atom. The molecule has 7 nitrogen and oxygen atoms in total. The van der Waals surface area contributed by atoms with Gasteiger partial charge in [0.2, 0.25) is 0 Å². The number of fused-ring (bicyclic) bond motifs is 1. The Morgan fingerprint density at radius 2 is 2.19 bits per heavy atom. The highest BCUT2D eigenvalue weighted by atomic mass is 35.5. The van der Waals surface area contributed by atoms with Crippen LogP contribution in [0.25, 0.3) is 22.4 Å². The molecule has 0 bridgehead atoms. The fraction of sp³-hybridized carbons (Fsp3) is 0.333. The van der Waals surface area contributed by atoms with Gasteiger partial charge in [0.25, 0.3) is 0 Å². The second kappa shape index (κ2) is 8.41. The molecule has 1 atom stereocenters. The van der Waals surface area contributed by atoms with Gasteiger partial charge >= 0.3 is 0 Å². The molecule has 0 aliphatic rings. The third-order valence-corrected chi connectivity index (χ3v) is 4.38. The predicted octanol–water partition coefficient (Wildman–Crippen LogP) is 3.18. The predicted molar refractivity (Wildman–Crippen MR) is 103 cm³/mol. The van der Waals surface area contributed by atoms with Crippen molar-refractivity contribution < 1.29 is 9.18 Å². The van der Waals surface area contributed by atoms with Gasteiger partial charge in [-0.1, -0.05) is 11.6 Å². The number of carbonyl (C=O) groups is 1. The molecular weight excluding hydrogens is 371 g/mol. The number of rotatable bonds is 8. The van der Waals surface area contributed by atoms with Crippen LogP contribution in [0.1, 0.15) is 19.8 Å². The van der Waals surface area contributed by atoms with Crippen LogP contribution in [0.2, 0.25) is 5.02 Å². The number of aromatic nitrogens is 4. The molecule has 3 aromatic heterocycles. The lowest BCUT2D eigenvalue weighted by atomic mass is 10.1. The van der Waals surface area contributed by atoms with Crippen molar-refractivity contribution in [1.29, 1.82) is 0 Å². The van der Waals surface area contributed by atoms with E-state index in [1.807, 2.05) is 7.05 Å². The van der Waals surface area contributed by atoms with E-state index >= 15 is 0 Å². The molecule has 0 saturated carbocycles. The summed E-state index contributed by atoms with van der Waals surface area (Å²) in [6.07, 6.45) is 5.43. The Morgan fingerprint density at radius 1 is 1.37 bits per heavy atom. The van der Waals surface area contributed by atoms with E-state index in [2.05, 4.69) is 30.6 Å². The Kier molecular flexibility index (Phi) is 5.98. The van der Waals surface area contributed by atoms with Crippen LogP contribution in [0, 0.1) is 5.82 Å². The largest absolute Gasteiger partial charge is 0.358 e. The molecule has 27 heavy (non-hydrogen) atoms. The summed E-state index contributed by atoms with van der Waals surface area (Å²) in [5.74, 6) is -0.333. The molecule has 0 aliphatic heterocycles. The first kappa shape index (κ1) is 19.2. The van der Waals surface area contributed by atoms with Crippen LogP contribution in [0.4, 0.5) is 10.2 Å². The van der Waals surface area contributed by atoms with Gasteiger partial charge in [0.1, 0.15) is 5.65 Å². The van der Waals surface area contributed by atoms with Gasteiger partial charge in [0.05, 0.1) is 17.3 Å². The minimum absolute atomic E-state index is 0.00658. The smallest absolute Gasteiger partial charge is 0.183 e. The lowest BCUT2D eigenvalue weighted by molar-refractivity contribution is -0.119. The summed E-state index contributed by atoms with van der Waals surface area (Å²) in [7, 11) is 1.83. The van der Waals surface area contributed by atoms with E-state index in [1.165, 1.54) is 6.20 Å². The highest BCUT2D eigenvalue weighted by Crippen LogP contribution is 2.28. The molecule has 0 saturated heterocycles. The standard InChI is InChI=1S/C18H20ClFN6O/c1-10(15(27)4-3-5-21-2)25-18-14(20)9-24-17(26-18)13-8-23-16-12(13)6-11(19)7-22-16/h6-10,21H,3-5H2,1-2H3,(H,22,23)(H,24,25,26)/t10-/m0/s1. The van der Waals surface area contributed by atoms with Crippen molar-refractivity contribution >= 4 is 34.2 Å². The Balaban J connectivity index is 1.84. The zero-order valence-corrected chi connectivity index (χ0v) is 15.8. The van der Waals surface area contributed by atoms with Gasteiger partial charge in [-0.2, -0.15) is 0 Å². The number of carbonyl (C=O) groups excluding carboxylic acids is 1. The SMILES string of the molecule is CNCCCC(=O)[C@H](C)Nc1nc(-c2c[nH]c3ncc(Cl)cc23)ncc1F. The lowest BCUT2D eigenvalue weighted by Crippen LogP contribution is -2.27. The average Bonchev–Trinajstić information content (AvgIpc) is 3.06. The van der Waals surface area contributed by atoms with Gasteiger partial charge in [-0.15, -0.1) is 0 Å². The van der Waals surface area contributed by atoms with E-state index in [9.17, 15) is 9.18 Å². The number of nitrogens with zero attached hydrogens (tertiary/aromatic N) is 3. The van der Waals surface area contributed by atoms with Crippen LogP contribution < -0.4 is 10.6 Å². The van der Waals surface area contributed by atoms with Gasteiger partial charge in [0.15, 0.2) is 23.2 Å². The monoisotopic (exact) mass is 390 g/mol. The van der Waals surface area contributed by atoms with Crippen molar-refractivity contribution in [3.63, 3.8) is 0 Å².